The van der Waals surface area contributed by atoms with E-state index in [1.165, 1.54) is 0 Å². The SMILES string of the molecule is COc1cc(Cl)c(C(C)C(C)C(N)=S)cc1OC. The molecule has 5 heteroatoms. The normalized spacial score (nSPS) is 13.8. The molecule has 1 rings (SSSR count). The van der Waals surface area contributed by atoms with Gasteiger partial charge in [0.2, 0.25) is 0 Å². The summed E-state index contributed by atoms with van der Waals surface area (Å²) in [7, 11) is 3.17. The summed E-state index contributed by atoms with van der Waals surface area (Å²) in [6.45, 7) is 4.02. The molecule has 100 valence electrons. The maximum absolute atomic E-state index is 6.26. The van der Waals surface area contributed by atoms with E-state index in [1.807, 2.05) is 19.9 Å². The van der Waals surface area contributed by atoms with Gasteiger partial charge in [0, 0.05) is 17.0 Å². The molecule has 0 heterocycles. The van der Waals surface area contributed by atoms with E-state index in [9.17, 15) is 0 Å². The number of benzene rings is 1. The molecule has 1 aromatic carbocycles. The molecule has 3 nitrogen and oxygen atoms in total. The summed E-state index contributed by atoms with van der Waals surface area (Å²) < 4.78 is 10.5. The third-order valence-corrected chi connectivity index (χ3v) is 3.89. The maximum Gasteiger partial charge on any atom is 0.162 e. The van der Waals surface area contributed by atoms with Gasteiger partial charge < -0.3 is 15.2 Å². The number of halogens is 1. The van der Waals surface area contributed by atoms with E-state index in [-0.39, 0.29) is 11.8 Å². The quantitative estimate of drug-likeness (QED) is 0.843. The molecule has 0 fully saturated rings. The average molecular weight is 288 g/mol. The topological polar surface area (TPSA) is 44.5 Å². The van der Waals surface area contributed by atoms with Gasteiger partial charge in [0.05, 0.1) is 19.2 Å². The minimum Gasteiger partial charge on any atom is -0.493 e. The summed E-state index contributed by atoms with van der Waals surface area (Å²) in [5.41, 5.74) is 6.64. The van der Waals surface area contributed by atoms with Gasteiger partial charge in [0.1, 0.15) is 0 Å². The number of thiocarbonyl (C=S) groups is 1. The highest BCUT2D eigenvalue weighted by Crippen LogP contribution is 2.38. The molecule has 0 aliphatic carbocycles. The van der Waals surface area contributed by atoms with Crippen LogP contribution in [0.5, 0.6) is 11.5 Å². The largest absolute Gasteiger partial charge is 0.493 e. The lowest BCUT2D eigenvalue weighted by molar-refractivity contribution is 0.354. The average Bonchev–Trinajstić information content (AvgIpc) is 2.36. The lowest BCUT2D eigenvalue weighted by Gasteiger charge is -2.21. The summed E-state index contributed by atoms with van der Waals surface area (Å²) in [4.78, 5) is 0.480. The van der Waals surface area contributed by atoms with Crippen molar-refractivity contribution < 1.29 is 9.47 Å². The van der Waals surface area contributed by atoms with E-state index >= 15 is 0 Å². The van der Waals surface area contributed by atoms with Crippen LogP contribution in [0.1, 0.15) is 25.3 Å². The van der Waals surface area contributed by atoms with E-state index in [0.717, 1.165) is 5.56 Å². The maximum atomic E-state index is 6.26. The second kappa shape index (κ2) is 6.25. The van der Waals surface area contributed by atoms with Crippen LogP contribution in [0, 0.1) is 5.92 Å². The van der Waals surface area contributed by atoms with Crippen LogP contribution in [0.15, 0.2) is 12.1 Å². The molecule has 0 saturated heterocycles. The Kier molecular flexibility index (Phi) is 5.23. The molecule has 0 bridgehead atoms. The predicted octanol–water partition coefficient (Wildman–Crippen LogP) is 3.38. The lowest BCUT2D eigenvalue weighted by atomic mass is 9.88. The Morgan fingerprint density at radius 2 is 1.72 bits per heavy atom. The van der Waals surface area contributed by atoms with Crippen LogP contribution in [0.25, 0.3) is 0 Å². The first-order valence-corrected chi connectivity index (χ1v) is 6.41. The van der Waals surface area contributed by atoms with Crippen LogP contribution in [0.3, 0.4) is 0 Å². The number of hydrogen-bond acceptors (Lipinski definition) is 3. The van der Waals surface area contributed by atoms with Crippen molar-refractivity contribution in [3.05, 3.63) is 22.7 Å². The van der Waals surface area contributed by atoms with Crippen molar-refractivity contribution in [1.29, 1.82) is 0 Å². The van der Waals surface area contributed by atoms with Gasteiger partial charge in [0.25, 0.3) is 0 Å². The number of nitrogens with two attached hydrogens (primary N) is 1. The van der Waals surface area contributed by atoms with Crippen molar-refractivity contribution >= 4 is 28.8 Å². The molecule has 0 saturated carbocycles. The molecule has 18 heavy (non-hydrogen) atoms. The van der Waals surface area contributed by atoms with Gasteiger partial charge in [-0.05, 0) is 17.5 Å². The van der Waals surface area contributed by atoms with Crippen LogP contribution in [0.4, 0.5) is 0 Å². The fourth-order valence-electron chi connectivity index (χ4n) is 1.73. The minimum atomic E-state index is 0.0654. The van der Waals surface area contributed by atoms with Crippen molar-refractivity contribution in [3.63, 3.8) is 0 Å². The molecular formula is C13H18ClNO2S. The van der Waals surface area contributed by atoms with Crippen molar-refractivity contribution in [3.8, 4) is 11.5 Å². The monoisotopic (exact) mass is 287 g/mol. The van der Waals surface area contributed by atoms with Gasteiger partial charge in [-0.3, -0.25) is 0 Å². The summed E-state index contributed by atoms with van der Waals surface area (Å²) in [5, 5.41) is 0.628. The molecule has 2 N–H and O–H groups in total. The third-order valence-electron chi connectivity index (χ3n) is 3.19. The number of rotatable bonds is 5. The highest BCUT2D eigenvalue weighted by atomic mass is 35.5. The molecule has 0 spiro atoms. The number of methoxy groups -OCH3 is 2. The van der Waals surface area contributed by atoms with Gasteiger partial charge in [-0.1, -0.05) is 37.7 Å². The van der Waals surface area contributed by atoms with Crippen molar-refractivity contribution in [2.45, 2.75) is 19.8 Å². The van der Waals surface area contributed by atoms with Crippen LogP contribution in [-0.4, -0.2) is 19.2 Å². The molecule has 1 aromatic rings. The third kappa shape index (κ3) is 3.06. The molecule has 0 radical (unpaired) electrons. The molecule has 0 aliphatic rings. The summed E-state index contributed by atoms with van der Waals surface area (Å²) >= 11 is 11.3. The Morgan fingerprint density at radius 1 is 1.22 bits per heavy atom. The van der Waals surface area contributed by atoms with Crippen molar-refractivity contribution in [1.82, 2.24) is 0 Å². The van der Waals surface area contributed by atoms with E-state index in [0.29, 0.717) is 21.5 Å². The van der Waals surface area contributed by atoms with E-state index < -0.39 is 0 Å². The smallest absolute Gasteiger partial charge is 0.162 e. The van der Waals surface area contributed by atoms with Crippen LogP contribution >= 0.6 is 23.8 Å². The summed E-state index contributed by atoms with van der Waals surface area (Å²) in [6.07, 6.45) is 0. The molecular weight excluding hydrogens is 270 g/mol. The minimum absolute atomic E-state index is 0.0654. The first-order chi connectivity index (χ1) is 8.42. The summed E-state index contributed by atoms with van der Waals surface area (Å²) in [6, 6.07) is 3.62. The van der Waals surface area contributed by atoms with Crippen LogP contribution in [0.2, 0.25) is 5.02 Å². The standard InChI is InChI=1S/C13H18ClNO2S/c1-7(8(2)13(15)18)9-5-11(16-3)12(17-4)6-10(9)14/h5-8H,1-4H3,(H2,15,18). The highest BCUT2D eigenvalue weighted by Gasteiger charge is 2.21. The zero-order chi connectivity index (χ0) is 13.9. The molecule has 0 aromatic heterocycles. The van der Waals surface area contributed by atoms with Gasteiger partial charge in [-0.2, -0.15) is 0 Å². The molecule has 0 amide bonds. The zero-order valence-electron chi connectivity index (χ0n) is 11.0. The number of ether oxygens (including phenoxy) is 2. The van der Waals surface area contributed by atoms with E-state index in [2.05, 4.69) is 0 Å². The van der Waals surface area contributed by atoms with Gasteiger partial charge in [-0.25, -0.2) is 0 Å². The number of hydrogen-bond donors (Lipinski definition) is 1. The van der Waals surface area contributed by atoms with Gasteiger partial charge in [-0.15, -0.1) is 0 Å². The Morgan fingerprint density at radius 3 is 2.17 bits per heavy atom. The predicted molar refractivity (Wildman–Crippen MR) is 78.9 cm³/mol. The van der Waals surface area contributed by atoms with Crippen molar-refractivity contribution in [2.24, 2.45) is 11.7 Å². The first-order valence-electron chi connectivity index (χ1n) is 5.63. The van der Waals surface area contributed by atoms with E-state index in [4.69, 9.17) is 39.0 Å². The van der Waals surface area contributed by atoms with Gasteiger partial charge >= 0.3 is 0 Å². The van der Waals surface area contributed by atoms with Crippen LogP contribution < -0.4 is 15.2 Å². The second-order valence-electron chi connectivity index (χ2n) is 4.21. The molecule has 2 atom stereocenters. The van der Waals surface area contributed by atoms with Crippen molar-refractivity contribution in [2.75, 3.05) is 14.2 Å². The fraction of sp³-hybridized carbons (Fsp3) is 0.462. The Labute approximate surface area is 118 Å². The van der Waals surface area contributed by atoms with Gasteiger partial charge in [0.15, 0.2) is 11.5 Å². The molecule has 2 unspecified atom stereocenters. The first kappa shape index (κ1) is 15.1. The fourth-order valence-corrected chi connectivity index (χ4v) is 2.26. The van der Waals surface area contributed by atoms with Crippen LogP contribution in [-0.2, 0) is 0 Å². The Hall–Kier alpha value is -1.00. The Bertz CT molecular complexity index is 451. The zero-order valence-corrected chi connectivity index (χ0v) is 12.6. The second-order valence-corrected chi connectivity index (χ2v) is 5.09. The highest BCUT2D eigenvalue weighted by molar-refractivity contribution is 7.80. The lowest BCUT2D eigenvalue weighted by Crippen LogP contribution is -2.23. The van der Waals surface area contributed by atoms with E-state index in [1.54, 1.807) is 20.3 Å². The Balaban J connectivity index is 3.20. The summed E-state index contributed by atoms with van der Waals surface area (Å²) in [5.74, 6) is 1.45. The molecule has 0 aliphatic heterocycles.